The number of hydrogen-bond donors (Lipinski definition) is 1. The van der Waals surface area contributed by atoms with Gasteiger partial charge in [-0.25, -0.2) is 8.42 Å². The van der Waals surface area contributed by atoms with Gasteiger partial charge in [0.05, 0.1) is 16.1 Å². The molecule has 2 saturated heterocycles. The average Bonchev–Trinajstić information content (AvgIpc) is 3.18. The highest BCUT2D eigenvalue weighted by Crippen LogP contribution is 2.27. The van der Waals surface area contributed by atoms with Gasteiger partial charge in [-0.2, -0.15) is 4.31 Å². The number of sulfonamides is 1. The van der Waals surface area contributed by atoms with Crippen LogP contribution in [0.2, 0.25) is 0 Å². The van der Waals surface area contributed by atoms with E-state index in [9.17, 15) is 18.0 Å². The molecule has 2 aliphatic heterocycles. The first-order valence-corrected chi connectivity index (χ1v) is 14.9. The molecule has 0 atom stereocenters. The van der Waals surface area contributed by atoms with Crippen LogP contribution in [0.1, 0.15) is 48.9 Å². The zero-order chi connectivity index (χ0) is 24.8. The molecule has 0 radical (unpaired) electrons. The second-order valence-corrected chi connectivity index (χ2v) is 11.9. The van der Waals surface area contributed by atoms with Crippen LogP contribution in [-0.4, -0.2) is 61.9 Å². The number of carbonyl (C=O) groups excluding carboxylic acids is 2. The monoisotopic (exact) mass is 515 g/mol. The molecule has 2 amide bonds. The molecule has 0 saturated carbocycles. The molecule has 0 aliphatic carbocycles. The lowest BCUT2D eigenvalue weighted by Crippen LogP contribution is -2.41. The molecule has 0 aromatic heterocycles. The van der Waals surface area contributed by atoms with Gasteiger partial charge in [0, 0.05) is 37.0 Å². The third kappa shape index (κ3) is 6.08. The van der Waals surface area contributed by atoms with Crippen molar-refractivity contribution in [3.05, 3.63) is 54.1 Å². The summed E-state index contributed by atoms with van der Waals surface area (Å²) in [5, 5.41) is 2.96. The Kier molecular flexibility index (Phi) is 8.51. The van der Waals surface area contributed by atoms with Gasteiger partial charge >= 0.3 is 0 Å². The quantitative estimate of drug-likeness (QED) is 0.574. The normalized spacial score (nSPS) is 18.1. The maximum Gasteiger partial charge on any atom is 0.255 e. The number of nitrogens with zero attached hydrogens (tertiary/aromatic N) is 2. The largest absolute Gasteiger partial charge is 0.339 e. The number of anilines is 1. The molecule has 7 nitrogen and oxygen atoms in total. The SMILES string of the molecule is CSc1ccc(S(=O)(=O)N2CCC(C(=O)Nc3ccccc3C(=O)N3CCCCCC3)CC2)cc1. The summed E-state index contributed by atoms with van der Waals surface area (Å²) >= 11 is 1.56. The lowest BCUT2D eigenvalue weighted by molar-refractivity contribution is -0.120. The van der Waals surface area contributed by atoms with E-state index >= 15 is 0 Å². The lowest BCUT2D eigenvalue weighted by atomic mass is 9.97. The maximum atomic E-state index is 13.2. The average molecular weight is 516 g/mol. The Morgan fingerprint density at radius 1 is 0.886 bits per heavy atom. The second-order valence-electron chi connectivity index (χ2n) is 9.10. The molecule has 0 unspecified atom stereocenters. The number of piperidine rings is 1. The molecule has 35 heavy (non-hydrogen) atoms. The van der Waals surface area contributed by atoms with Crippen LogP contribution in [0.15, 0.2) is 58.3 Å². The summed E-state index contributed by atoms with van der Waals surface area (Å²) < 4.78 is 27.5. The molecule has 9 heteroatoms. The Balaban J connectivity index is 1.38. The first-order valence-electron chi connectivity index (χ1n) is 12.2. The van der Waals surface area contributed by atoms with Crippen LogP contribution in [0.25, 0.3) is 0 Å². The van der Waals surface area contributed by atoms with Gasteiger partial charge in [0.1, 0.15) is 0 Å². The third-order valence-electron chi connectivity index (χ3n) is 6.83. The molecule has 2 aromatic rings. The molecule has 2 fully saturated rings. The van der Waals surface area contributed by atoms with Gasteiger partial charge in [0.25, 0.3) is 5.91 Å². The van der Waals surface area contributed by atoms with Gasteiger partial charge in [0.2, 0.25) is 15.9 Å². The Labute approximate surface area is 212 Å². The molecular formula is C26H33N3O4S2. The van der Waals surface area contributed by atoms with Crippen LogP contribution in [0.4, 0.5) is 5.69 Å². The van der Waals surface area contributed by atoms with Crippen molar-refractivity contribution in [2.45, 2.75) is 48.3 Å². The molecule has 188 valence electrons. The highest BCUT2D eigenvalue weighted by molar-refractivity contribution is 7.98. The predicted molar refractivity (Wildman–Crippen MR) is 139 cm³/mol. The number of para-hydroxylation sites is 1. The van der Waals surface area contributed by atoms with E-state index in [1.54, 1.807) is 36.0 Å². The molecule has 2 aromatic carbocycles. The van der Waals surface area contributed by atoms with Gasteiger partial charge < -0.3 is 10.2 Å². The first kappa shape index (κ1) is 25.7. The Morgan fingerprint density at radius 2 is 1.51 bits per heavy atom. The van der Waals surface area contributed by atoms with Crippen molar-refractivity contribution >= 4 is 39.3 Å². The Bertz CT molecular complexity index is 1140. The third-order valence-corrected chi connectivity index (χ3v) is 9.49. The van der Waals surface area contributed by atoms with Gasteiger partial charge in [0.15, 0.2) is 0 Å². The van der Waals surface area contributed by atoms with Crippen LogP contribution < -0.4 is 5.32 Å². The van der Waals surface area contributed by atoms with E-state index in [0.29, 0.717) is 37.2 Å². The van der Waals surface area contributed by atoms with Crippen molar-refractivity contribution in [3.63, 3.8) is 0 Å². The minimum absolute atomic E-state index is 0.0452. The van der Waals surface area contributed by atoms with E-state index in [2.05, 4.69) is 5.32 Å². The highest BCUT2D eigenvalue weighted by Gasteiger charge is 2.32. The highest BCUT2D eigenvalue weighted by atomic mass is 32.2. The number of thioether (sulfide) groups is 1. The number of rotatable bonds is 6. The standard InChI is InChI=1S/C26H33N3O4S2/c1-34-21-10-12-22(13-11-21)35(32,33)29-18-14-20(15-19-29)25(30)27-24-9-5-4-8-23(24)26(31)28-16-6-2-3-7-17-28/h4-5,8-13,20H,2-3,6-7,14-19H2,1H3,(H,27,30). The fourth-order valence-corrected chi connectivity index (χ4v) is 6.59. The minimum Gasteiger partial charge on any atom is -0.339 e. The lowest BCUT2D eigenvalue weighted by Gasteiger charge is -2.30. The zero-order valence-electron chi connectivity index (χ0n) is 20.1. The minimum atomic E-state index is -3.59. The van der Waals surface area contributed by atoms with Crippen molar-refractivity contribution in [2.75, 3.05) is 37.8 Å². The van der Waals surface area contributed by atoms with E-state index in [0.717, 1.165) is 43.7 Å². The molecule has 0 bridgehead atoms. The van der Waals surface area contributed by atoms with Gasteiger partial charge in [-0.3, -0.25) is 9.59 Å². The number of benzene rings is 2. The number of amides is 2. The molecule has 0 spiro atoms. The van der Waals surface area contributed by atoms with Crippen molar-refractivity contribution in [2.24, 2.45) is 5.92 Å². The Hall–Kier alpha value is -2.36. The fraction of sp³-hybridized carbons (Fsp3) is 0.462. The Morgan fingerprint density at radius 3 is 2.14 bits per heavy atom. The van der Waals surface area contributed by atoms with E-state index in [1.165, 1.54) is 4.31 Å². The molecule has 1 N–H and O–H groups in total. The van der Waals surface area contributed by atoms with Crippen LogP contribution >= 0.6 is 11.8 Å². The second kappa shape index (κ2) is 11.6. The predicted octanol–water partition coefficient (Wildman–Crippen LogP) is 4.46. The van der Waals surface area contributed by atoms with Crippen LogP contribution in [0.3, 0.4) is 0 Å². The van der Waals surface area contributed by atoms with Crippen LogP contribution in [0.5, 0.6) is 0 Å². The van der Waals surface area contributed by atoms with E-state index in [1.807, 2.05) is 35.4 Å². The summed E-state index contributed by atoms with van der Waals surface area (Å²) in [6, 6.07) is 14.0. The summed E-state index contributed by atoms with van der Waals surface area (Å²) in [5.41, 5.74) is 1.03. The van der Waals surface area contributed by atoms with Crippen molar-refractivity contribution in [1.29, 1.82) is 0 Å². The molecular weight excluding hydrogens is 482 g/mol. The summed E-state index contributed by atoms with van der Waals surface area (Å²) in [6.45, 7) is 2.07. The fourth-order valence-electron chi connectivity index (χ4n) is 4.71. The van der Waals surface area contributed by atoms with Crippen molar-refractivity contribution in [1.82, 2.24) is 9.21 Å². The summed E-state index contributed by atoms with van der Waals surface area (Å²) in [7, 11) is -3.59. The van der Waals surface area contributed by atoms with Crippen LogP contribution in [-0.2, 0) is 14.8 Å². The van der Waals surface area contributed by atoms with Crippen molar-refractivity contribution in [3.8, 4) is 0 Å². The topological polar surface area (TPSA) is 86.8 Å². The van der Waals surface area contributed by atoms with E-state index in [4.69, 9.17) is 0 Å². The maximum absolute atomic E-state index is 13.2. The number of likely N-dealkylation sites (tertiary alicyclic amines) is 1. The summed E-state index contributed by atoms with van der Waals surface area (Å²) in [4.78, 5) is 29.4. The number of nitrogens with one attached hydrogen (secondary N) is 1. The van der Waals surface area contributed by atoms with Gasteiger partial charge in [-0.1, -0.05) is 25.0 Å². The molecule has 2 heterocycles. The van der Waals surface area contributed by atoms with Gasteiger partial charge in [-0.05, 0) is 68.3 Å². The number of carbonyl (C=O) groups is 2. The van der Waals surface area contributed by atoms with Crippen LogP contribution in [0, 0.1) is 5.92 Å². The smallest absolute Gasteiger partial charge is 0.255 e. The molecule has 4 rings (SSSR count). The number of hydrogen-bond acceptors (Lipinski definition) is 5. The summed E-state index contributed by atoms with van der Waals surface area (Å²) in [5.74, 6) is -0.514. The molecule has 2 aliphatic rings. The zero-order valence-corrected chi connectivity index (χ0v) is 21.7. The van der Waals surface area contributed by atoms with Crippen molar-refractivity contribution < 1.29 is 18.0 Å². The van der Waals surface area contributed by atoms with E-state index < -0.39 is 10.0 Å². The van der Waals surface area contributed by atoms with E-state index in [-0.39, 0.29) is 22.6 Å². The first-order chi connectivity index (χ1) is 16.9. The summed E-state index contributed by atoms with van der Waals surface area (Å²) in [6.07, 6.45) is 7.11. The van der Waals surface area contributed by atoms with Gasteiger partial charge in [-0.15, -0.1) is 11.8 Å².